The van der Waals surface area contributed by atoms with E-state index in [0.29, 0.717) is 18.4 Å². The number of fused-ring (bicyclic) bond motifs is 1. The van der Waals surface area contributed by atoms with Crippen LogP contribution in [-0.2, 0) is 14.9 Å². The van der Waals surface area contributed by atoms with Gasteiger partial charge in [-0.15, -0.1) is 0 Å². The Bertz CT molecular complexity index is 944. The zero-order valence-corrected chi connectivity index (χ0v) is 24.1. The van der Waals surface area contributed by atoms with Crippen molar-refractivity contribution in [3.05, 3.63) is 40.5 Å². The van der Waals surface area contributed by atoms with Gasteiger partial charge in [0.1, 0.15) is 12.4 Å². The van der Waals surface area contributed by atoms with E-state index in [2.05, 4.69) is 59.8 Å². The second-order valence-corrected chi connectivity index (χ2v) is 13.4. The maximum atomic E-state index is 12.5. The molecule has 0 heterocycles. The van der Waals surface area contributed by atoms with Crippen molar-refractivity contribution in [3.63, 3.8) is 0 Å². The standard InChI is InChI=1S/C32H50O3/c1-11-12-13-14-15-31(6,7)23-16-21(2)28(27(18-23)34-10)24-17-22(20-35-29(33)30(3,4)5)25-19-26(24)32(25,8)9/h16-18,24-26H,11-15,19-20H2,1-10H3/t24-,25+,26-/m1/s1. The summed E-state index contributed by atoms with van der Waals surface area (Å²) in [4.78, 5) is 12.5. The molecule has 2 bridgehead atoms. The van der Waals surface area contributed by atoms with Crippen LogP contribution in [0.3, 0.4) is 0 Å². The summed E-state index contributed by atoms with van der Waals surface area (Å²) in [6.45, 7) is 20.2. The van der Waals surface area contributed by atoms with E-state index in [0.717, 1.165) is 12.2 Å². The molecule has 1 aromatic rings. The zero-order chi connectivity index (χ0) is 26.2. The van der Waals surface area contributed by atoms with Crippen LogP contribution in [0, 0.1) is 29.6 Å². The first-order valence-corrected chi connectivity index (χ1v) is 13.8. The fraction of sp³-hybridized carbons (Fsp3) is 0.719. The van der Waals surface area contributed by atoms with Crippen molar-refractivity contribution < 1.29 is 14.3 Å². The molecular formula is C32H50O3. The topological polar surface area (TPSA) is 35.5 Å². The Hall–Kier alpha value is -1.77. The van der Waals surface area contributed by atoms with Crippen LogP contribution < -0.4 is 4.74 Å². The molecule has 0 saturated heterocycles. The molecule has 0 aliphatic heterocycles. The van der Waals surface area contributed by atoms with Gasteiger partial charge in [-0.05, 0) is 86.0 Å². The van der Waals surface area contributed by atoms with Crippen molar-refractivity contribution in [1.82, 2.24) is 0 Å². The molecule has 3 atom stereocenters. The van der Waals surface area contributed by atoms with Gasteiger partial charge in [0, 0.05) is 11.5 Å². The molecular weight excluding hydrogens is 432 g/mol. The normalized spacial score (nSPS) is 23.4. The predicted molar refractivity (Wildman–Crippen MR) is 146 cm³/mol. The SMILES string of the molecule is CCCCCCC(C)(C)c1cc(C)c([C@@H]2C=C(COC(=O)C(C)(C)C)[C@@H]3C[C@H]2C3(C)C)c(OC)c1. The van der Waals surface area contributed by atoms with Gasteiger partial charge in [0.25, 0.3) is 0 Å². The molecule has 1 aromatic carbocycles. The molecule has 1 fully saturated rings. The molecule has 0 N–H and O–H groups in total. The summed E-state index contributed by atoms with van der Waals surface area (Å²) in [7, 11) is 1.81. The number of carbonyl (C=O) groups excluding carboxylic acids is 1. The minimum Gasteiger partial charge on any atom is -0.496 e. The largest absolute Gasteiger partial charge is 0.496 e. The van der Waals surface area contributed by atoms with Crippen molar-refractivity contribution in [2.75, 3.05) is 13.7 Å². The van der Waals surface area contributed by atoms with Crippen LogP contribution in [0.25, 0.3) is 0 Å². The number of ether oxygens (including phenoxy) is 2. The molecule has 0 radical (unpaired) electrons. The monoisotopic (exact) mass is 482 g/mol. The molecule has 0 aromatic heterocycles. The third-order valence-corrected chi connectivity index (χ3v) is 8.94. The van der Waals surface area contributed by atoms with E-state index < -0.39 is 5.41 Å². The van der Waals surface area contributed by atoms with Gasteiger partial charge in [-0.25, -0.2) is 0 Å². The van der Waals surface area contributed by atoms with Crippen LogP contribution in [0.15, 0.2) is 23.8 Å². The fourth-order valence-corrected chi connectivity index (χ4v) is 6.35. The van der Waals surface area contributed by atoms with E-state index in [9.17, 15) is 4.79 Å². The summed E-state index contributed by atoms with van der Waals surface area (Å²) in [5.74, 6) is 2.23. The van der Waals surface area contributed by atoms with Gasteiger partial charge in [-0.2, -0.15) is 0 Å². The maximum Gasteiger partial charge on any atom is 0.311 e. The Kier molecular flexibility index (Phi) is 8.19. The van der Waals surface area contributed by atoms with Gasteiger partial charge in [0.05, 0.1) is 12.5 Å². The van der Waals surface area contributed by atoms with Gasteiger partial charge >= 0.3 is 5.97 Å². The number of rotatable bonds is 10. The van der Waals surface area contributed by atoms with E-state index >= 15 is 0 Å². The van der Waals surface area contributed by atoms with Crippen LogP contribution in [0.1, 0.15) is 117 Å². The fourth-order valence-electron chi connectivity index (χ4n) is 6.35. The number of benzene rings is 1. The highest BCUT2D eigenvalue weighted by Crippen LogP contribution is 2.64. The first-order chi connectivity index (χ1) is 16.2. The van der Waals surface area contributed by atoms with E-state index in [4.69, 9.17) is 9.47 Å². The molecule has 0 spiro atoms. The average Bonchev–Trinajstić information content (AvgIpc) is 2.78. The van der Waals surface area contributed by atoms with Crippen LogP contribution in [0.4, 0.5) is 0 Å². The lowest BCUT2D eigenvalue weighted by atomic mass is 9.45. The minimum atomic E-state index is -0.481. The van der Waals surface area contributed by atoms with Gasteiger partial charge < -0.3 is 9.47 Å². The number of unbranched alkanes of at least 4 members (excludes halogenated alkanes) is 3. The van der Waals surface area contributed by atoms with Crippen LogP contribution in [0.5, 0.6) is 5.75 Å². The average molecular weight is 483 g/mol. The molecule has 196 valence electrons. The number of hydrogen-bond acceptors (Lipinski definition) is 3. The molecule has 3 heteroatoms. The molecule has 3 aliphatic rings. The van der Waals surface area contributed by atoms with Crippen LogP contribution in [0.2, 0.25) is 0 Å². The first-order valence-electron chi connectivity index (χ1n) is 13.8. The molecule has 4 rings (SSSR count). The van der Waals surface area contributed by atoms with Crippen LogP contribution in [-0.4, -0.2) is 19.7 Å². The third-order valence-electron chi connectivity index (χ3n) is 8.94. The highest BCUT2D eigenvalue weighted by molar-refractivity contribution is 5.75. The molecule has 0 unspecified atom stereocenters. The van der Waals surface area contributed by atoms with Crippen molar-refractivity contribution >= 4 is 5.97 Å². The summed E-state index contributed by atoms with van der Waals surface area (Å²) in [5, 5.41) is 0. The lowest BCUT2D eigenvalue weighted by Gasteiger charge is -2.59. The zero-order valence-electron chi connectivity index (χ0n) is 24.1. The number of carbonyl (C=O) groups is 1. The van der Waals surface area contributed by atoms with Crippen molar-refractivity contribution in [1.29, 1.82) is 0 Å². The molecule has 0 amide bonds. The van der Waals surface area contributed by atoms with E-state index in [1.54, 1.807) is 0 Å². The Morgan fingerprint density at radius 2 is 1.77 bits per heavy atom. The summed E-state index contributed by atoms with van der Waals surface area (Å²) in [6.07, 6.45) is 9.91. The number of methoxy groups -OCH3 is 1. The van der Waals surface area contributed by atoms with Gasteiger partial charge in [0.15, 0.2) is 0 Å². The number of aryl methyl sites for hydroxylation is 1. The molecule has 3 nitrogen and oxygen atoms in total. The second-order valence-electron chi connectivity index (χ2n) is 13.4. The van der Waals surface area contributed by atoms with Gasteiger partial charge in [-0.3, -0.25) is 4.79 Å². The van der Waals surface area contributed by atoms with Crippen molar-refractivity contribution in [2.45, 2.75) is 112 Å². The Morgan fingerprint density at radius 1 is 1.09 bits per heavy atom. The maximum absolute atomic E-state index is 12.5. The molecule has 3 aliphatic carbocycles. The summed E-state index contributed by atoms with van der Waals surface area (Å²) >= 11 is 0. The third kappa shape index (κ3) is 5.65. The number of esters is 1. The lowest BCUT2D eigenvalue weighted by Crippen LogP contribution is -2.52. The van der Waals surface area contributed by atoms with E-state index in [1.807, 2.05) is 27.9 Å². The number of hydrogen-bond donors (Lipinski definition) is 0. The molecule has 35 heavy (non-hydrogen) atoms. The van der Waals surface area contributed by atoms with Gasteiger partial charge in [0.2, 0.25) is 0 Å². The van der Waals surface area contributed by atoms with Crippen molar-refractivity contribution in [2.24, 2.45) is 22.7 Å². The lowest BCUT2D eigenvalue weighted by molar-refractivity contribution is -0.152. The summed E-state index contributed by atoms with van der Waals surface area (Å²) in [5.41, 5.74) is 5.12. The highest BCUT2D eigenvalue weighted by atomic mass is 16.5. The molecule has 1 saturated carbocycles. The Morgan fingerprint density at radius 3 is 2.34 bits per heavy atom. The van der Waals surface area contributed by atoms with Crippen LogP contribution >= 0.6 is 0 Å². The summed E-state index contributed by atoms with van der Waals surface area (Å²) < 4.78 is 11.8. The van der Waals surface area contributed by atoms with E-state index in [1.165, 1.54) is 54.4 Å². The van der Waals surface area contributed by atoms with Crippen molar-refractivity contribution in [3.8, 4) is 5.75 Å². The predicted octanol–water partition coefficient (Wildman–Crippen LogP) is 8.53. The number of allylic oxidation sites excluding steroid dienone is 1. The quantitative estimate of drug-likeness (QED) is 0.190. The Labute approximate surface area is 215 Å². The second kappa shape index (κ2) is 10.3. The Balaban J connectivity index is 1.92. The highest BCUT2D eigenvalue weighted by Gasteiger charge is 2.56. The summed E-state index contributed by atoms with van der Waals surface area (Å²) in [6, 6.07) is 4.70. The van der Waals surface area contributed by atoms with E-state index in [-0.39, 0.29) is 22.7 Å². The smallest absolute Gasteiger partial charge is 0.311 e. The first kappa shape index (κ1) is 27.8. The van der Waals surface area contributed by atoms with Gasteiger partial charge in [-0.1, -0.05) is 72.4 Å². The minimum absolute atomic E-state index is 0.125.